The van der Waals surface area contributed by atoms with Gasteiger partial charge in [-0.1, -0.05) is 56.3 Å². The summed E-state index contributed by atoms with van der Waals surface area (Å²) in [4.78, 5) is 31.7. The summed E-state index contributed by atoms with van der Waals surface area (Å²) in [7, 11) is 0. The Bertz CT molecular complexity index is 1660. The molecule has 0 unspecified atom stereocenters. The molecule has 2 heterocycles. The van der Waals surface area contributed by atoms with E-state index in [1.807, 2.05) is 24.3 Å². The Labute approximate surface area is 205 Å². The van der Waals surface area contributed by atoms with Gasteiger partial charge in [0.25, 0.3) is 5.56 Å². The third kappa shape index (κ3) is 4.26. The highest BCUT2D eigenvalue weighted by Gasteiger charge is 2.20. The molecule has 0 saturated carbocycles. The number of imidazole rings is 1. The van der Waals surface area contributed by atoms with Gasteiger partial charge < -0.3 is 4.57 Å². The van der Waals surface area contributed by atoms with E-state index in [4.69, 9.17) is 0 Å². The number of fused-ring (bicyclic) bond motifs is 1. The highest BCUT2D eigenvalue weighted by atomic mass is 19.1. The van der Waals surface area contributed by atoms with Crippen molar-refractivity contribution in [2.45, 2.75) is 32.9 Å². The lowest BCUT2D eigenvalue weighted by molar-refractivity contribution is 0.600. The van der Waals surface area contributed by atoms with Gasteiger partial charge in [-0.15, -0.1) is 0 Å². The molecule has 0 fully saturated rings. The third-order valence-corrected chi connectivity index (χ3v) is 6.27. The van der Waals surface area contributed by atoms with Gasteiger partial charge in [-0.25, -0.2) is 23.1 Å². The molecule has 8 heteroatoms. The van der Waals surface area contributed by atoms with Crippen LogP contribution in [0.5, 0.6) is 0 Å². The van der Waals surface area contributed by atoms with Gasteiger partial charge in [-0.05, 0) is 47.4 Å². The van der Waals surface area contributed by atoms with Gasteiger partial charge in [-0.3, -0.25) is 9.36 Å². The predicted molar refractivity (Wildman–Crippen MR) is 135 cm³/mol. The molecule has 0 bridgehead atoms. The number of aromatic nitrogens is 4. The van der Waals surface area contributed by atoms with E-state index in [0.29, 0.717) is 22.7 Å². The van der Waals surface area contributed by atoms with Crippen LogP contribution in [-0.2, 0) is 13.1 Å². The maximum absolute atomic E-state index is 14.4. The molecule has 5 aromatic rings. The quantitative estimate of drug-likeness (QED) is 0.345. The van der Waals surface area contributed by atoms with Gasteiger partial charge in [-0.2, -0.15) is 0 Å². The van der Waals surface area contributed by atoms with E-state index in [1.54, 1.807) is 22.8 Å². The Morgan fingerprint density at radius 2 is 1.56 bits per heavy atom. The fourth-order valence-corrected chi connectivity index (χ4v) is 4.26. The van der Waals surface area contributed by atoms with Crippen molar-refractivity contribution in [3.8, 4) is 5.69 Å². The number of benzene rings is 3. The van der Waals surface area contributed by atoms with Gasteiger partial charge in [0.1, 0.15) is 11.6 Å². The molecule has 0 radical (unpaired) electrons. The van der Waals surface area contributed by atoms with Crippen molar-refractivity contribution in [3.05, 3.63) is 128 Å². The zero-order valence-electron chi connectivity index (χ0n) is 19.9. The summed E-state index contributed by atoms with van der Waals surface area (Å²) in [6.07, 6.45) is 1.44. The molecule has 0 saturated heterocycles. The number of rotatable bonds is 6. The van der Waals surface area contributed by atoms with Gasteiger partial charge in [0.2, 0.25) is 0 Å². The number of hydrogen-bond donors (Lipinski definition) is 0. The lowest BCUT2D eigenvalue weighted by Crippen LogP contribution is -2.40. The van der Waals surface area contributed by atoms with Crippen LogP contribution in [0.25, 0.3) is 16.9 Å². The topological polar surface area (TPSA) is 61.8 Å². The molecule has 36 heavy (non-hydrogen) atoms. The van der Waals surface area contributed by atoms with Crippen LogP contribution in [0, 0.1) is 11.6 Å². The molecule has 6 nitrogen and oxygen atoms in total. The average Bonchev–Trinajstić information content (AvgIpc) is 3.28. The number of nitrogens with zero attached hydrogens (tertiary/aromatic N) is 4. The SMILES string of the molecule is CC(C)c1ccc(-n2c(=O)n(Cc3ccc(F)cc3)c(=O)c3c2ncn3Cc2ccccc2F)cc1. The Kier molecular flexibility index (Phi) is 6.10. The summed E-state index contributed by atoms with van der Waals surface area (Å²) in [5.74, 6) is -0.501. The Morgan fingerprint density at radius 1 is 0.861 bits per heavy atom. The molecule has 0 aliphatic rings. The van der Waals surface area contributed by atoms with Crippen molar-refractivity contribution in [2.75, 3.05) is 0 Å². The monoisotopic (exact) mass is 486 g/mol. The summed E-state index contributed by atoms with van der Waals surface area (Å²) >= 11 is 0. The van der Waals surface area contributed by atoms with Crippen LogP contribution < -0.4 is 11.2 Å². The molecule has 0 aliphatic carbocycles. The second-order valence-electron chi connectivity index (χ2n) is 9.02. The number of hydrogen-bond acceptors (Lipinski definition) is 3. The Hall–Kier alpha value is -4.33. The van der Waals surface area contributed by atoms with Crippen LogP contribution >= 0.6 is 0 Å². The van der Waals surface area contributed by atoms with Gasteiger partial charge in [0.05, 0.1) is 25.1 Å². The second-order valence-corrected chi connectivity index (χ2v) is 9.02. The van der Waals surface area contributed by atoms with Crippen molar-refractivity contribution >= 4 is 11.2 Å². The maximum atomic E-state index is 14.4. The summed E-state index contributed by atoms with van der Waals surface area (Å²) < 4.78 is 31.9. The average molecular weight is 487 g/mol. The number of halogens is 2. The smallest absolute Gasteiger partial charge is 0.320 e. The lowest BCUT2D eigenvalue weighted by Gasteiger charge is -2.14. The molecule has 3 aromatic carbocycles. The molecule has 0 N–H and O–H groups in total. The van der Waals surface area contributed by atoms with Crippen LogP contribution in [-0.4, -0.2) is 18.7 Å². The summed E-state index contributed by atoms with van der Waals surface area (Å²) in [6, 6.07) is 19.4. The molecule has 0 amide bonds. The van der Waals surface area contributed by atoms with E-state index in [0.717, 1.165) is 10.1 Å². The maximum Gasteiger partial charge on any atom is 0.337 e. The van der Waals surface area contributed by atoms with E-state index in [9.17, 15) is 18.4 Å². The largest absolute Gasteiger partial charge is 0.337 e. The van der Waals surface area contributed by atoms with Crippen LogP contribution in [0.15, 0.2) is 88.7 Å². The van der Waals surface area contributed by atoms with E-state index < -0.39 is 22.9 Å². The van der Waals surface area contributed by atoms with E-state index in [1.165, 1.54) is 41.2 Å². The van der Waals surface area contributed by atoms with Crippen molar-refractivity contribution in [2.24, 2.45) is 0 Å². The molecule has 0 spiro atoms. The van der Waals surface area contributed by atoms with E-state index in [2.05, 4.69) is 18.8 Å². The minimum Gasteiger partial charge on any atom is -0.320 e. The zero-order valence-corrected chi connectivity index (χ0v) is 19.9. The molecule has 0 atom stereocenters. The first-order chi connectivity index (χ1) is 17.3. The molecular formula is C28H24F2N4O2. The lowest BCUT2D eigenvalue weighted by atomic mass is 10.0. The van der Waals surface area contributed by atoms with Gasteiger partial charge in [0, 0.05) is 5.56 Å². The van der Waals surface area contributed by atoms with Crippen molar-refractivity contribution in [1.29, 1.82) is 0 Å². The first-order valence-corrected chi connectivity index (χ1v) is 11.6. The molecule has 2 aromatic heterocycles. The van der Waals surface area contributed by atoms with Crippen LogP contribution in [0.2, 0.25) is 0 Å². The first-order valence-electron chi connectivity index (χ1n) is 11.6. The molecule has 182 valence electrons. The highest BCUT2D eigenvalue weighted by molar-refractivity contribution is 5.72. The third-order valence-electron chi connectivity index (χ3n) is 6.27. The molecule has 5 rings (SSSR count). The zero-order chi connectivity index (χ0) is 25.4. The van der Waals surface area contributed by atoms with E-state index in [-0.39, 0.29) is 24.3 Å². The Morgan fingerprint density at radius 3 is 2.22 bits per heavy atom. The predicted octanol–water partition coefficient (Wildman–Crippen LogP) is 4.85. The van der Waals surface area contributed by atoms with E-state index >= 15 is 0 Å². The molecule has 0 aliphatic heterocycles. The fourth-order valence-electron chi connectivity index (χ4n) is 4.26. The van der Waals surface area contributed by atoms with Crippen molar-refractivity contribution < 1.29 is 8.78 Å². The minimum atomic E-state index is -0.565. The van der Waals surface area contributed by atoms with Gasteiger partial charge >= 0.3 is 5.69 Å². The first kappa shape index (κ1) is 23.4. The Balaban J connectivity index is 1.74. The summed E-state index contributed by atoms with van der Waals surface area (Å²) in [5.41, 5.74) is 1.89. The standard InChI is InChI=1S/C28H24F2N4O2/c1-18(2)20-9-13-23(14-10-20)34-26-25(32(17-31-26)16-21-5-3-4-6-24(21)30)27(35)33(28(34)36)15-19-7-11-22(29)12-8-19/h3-14,17-18H,15-16H2,1-2H3. The molecular weight excluding hydrogens is 462 g/mol. The van der Waals surface area contributed by atoms with Crippen LogP contribution in [0.4, 0.5) is 8.78 Å². The highest BCUT2D eigenvalue weighted by Crippen LogP contribution is 2.19. The minimum absolute atomic E-state index is 0.0527. The van der Waals surface area contributed by atoms with Crippen LogP contribution in [0.3, 0.4) is 0 Å². The normalized spacial score (nSPS) is 11.5. The summed E-state index contributed by atoms with van der Waals surface area (Å²) in [6.45, 7) is 4.17. The van der Waals surface area contributed by atoms with Crippen molar-refractivity contribution in [3.63, 3.8) is 0 Å². The second kappa shape index (κ2) is 9.37. The van der Waals surface area contributed by atoms with Gasteiger partial charge in [0.15, 0.2) is 11.2 Å². The summed E-state index contributed by atoms with van der Waals surface area (Å²) in [5, 5.41) is 0. The van der Waals surface area contributed by atoms with Crippen LogP contribution in [0.1, 0.15) is 36.5 Å². The van der Waals surface area contributed by atoms with Crippen molar-refractivity contribution in [1.82, 2.24) is 18.7 Å². The fraction of sp³-hybridized carbons (Fsp3) is 0.179.